The van der Waals surface area contributed by atoms with E-state index in [1.165, 1.54) is 0 Å². The first-order valence-electron chi connectivity index (χ1n) is 3.11. The highest BCUT2D eigenvalue weighted by atomic mass is 16.3. The van der Waals surface area contributed by atoms with Crippen LogP contribution in [0.5, 0.6) is 5.88 Å². The Morgan fingerprint density at radius 2 is 2.00 bits per heavy atom. The molecule has 0 saturated heterocycles. The summed E-state index contributed by atoms with van der Waals surface area (Å²) in [6.45, 7) is 0. The van der Waals surface area contributed by atoms with E-state index in [2.05, 4.69) is 4.98 Å². The minimum absolute atomic E-state index is 0.00407. The fourth-order valence-electron chi connectivity index (χ4n) is 1.05. The number of H-pyrrole nitrogens is 1. The molecule has 1 heterocycles. The van der Waals surface area contributed by atoms with Crippen LogP contribution in [0.1, 0.15) is 0 Å². The summed E-state index contributed by atoms with van der Waals surface area (Å²) in [6, 6.07) is 7.49. The lowest BCUT2D eigenvalue weighted by Gasteiger charge is -1.83. The van der Waals surface area contributed by atoms with E-state index in [9.17, 15) is 5.11 Å². The van der Waals surface area contributed by atoms with Gasteiger partial charge in [0.05, 0.1) is 0 Å². The molecule has 0 fully saturated rings. The quantitative estimate of drug-likeness (QED) is 0.571. The Morgan fingerprint density at radius 3 is 2.80 bits per heavy atom. The Hall–Kier alpha value is -1.44. The lowest BCUT2D eigenvalue weighted by atomic mass is 10.2. The largest absolute Gasteiger partial charge is 0.328 e. The molecule has 2 heteroatoms. The van der Waals surface area contributed by atoms with Gasteiger partial charge < -0.3 is 4.98 Å². The second-order valence-corrected chi connectivity index (χ2v) is 2.21. The second kappa shape index (κ2) is 1.77. The third-order valence-electron chi connectivity index (χ3n) is 1.56. The molecule has 0 bridgehead atoms. The third-order valence-corrected chi connectivity index (χ3v) is 1.56. The van der Waals surface area contributed by atoms with Crippen LogP contribution in [0.3, 0.4) is 0 Å². The summed E-state index contributed by atoms with van der Waals surface area (Å²) in [5, 5.41) is 12.7. The summed E-state index contributed by atoms with van der Waals surface area (Å²) >= 11 is 0. The molecular formula is C8H6NO. The van der Waals surface area contributed by atoms with Crippen molar-refractivity contribution in [2.45, 2.75) is 0 Å². The summed E-state index contributed by atoms with van der Waals surface area (Å²) in [4.78, 5) is 2.62. The molecule has 10 heavy (non-hydrogen) atoms. The molecule has 1 radical (unpaired) electrons. The zero-order valence-corrected chi connectivity index (χ0v) is 5.29. The van der Waals surface area contributed by atoms with Gasteiger partial charge in [-0.25, -0.2) is 0 Å². The van der Waals surface area contributed by atoms with Crippen molar-refractivity contribution in [3.05, 3.63) is 30.5 Å². The Morgan fingerprint density at radius 1 is 1.20 bits per heavy atom. The van der Waals surface area contributed by atoms with Gasteiger partial charge in [0, 0.05) is 17.0 Å². The number of rotatable bonds is 0. The van der Waals surface area contributed by atoms with Gasteiger partial charge in [-0.3, -0.25) is 5.11 Å². The Bertz CT molecular complexity index is 351. The van der Waals surface area contributed by atoms with E-state index in [4.69, 9.17) is 0 Å². The number of aromatic amines is 1. The monoisotopic (exact) mass is 132 g/mol. The van der Waals surface area contributed by atoms with Crippen LogP contribution in [0.2, 0.25) is 0 Å². The Kier molecular flexibility index (Phi) is 0.947. The molecular weight excluding hydrogens is 126 g/mol. The Balaban J connectivity index is 2.93. The predicted octanol–water partition coefficient (Wildman–Crippen LogP) is 2.31. The standard InChI is InChI=1S/C8H6NO/c10-8-7-4-2-1-3-6(7)5-9-8/h1-5,9H. The summed E-state index contributed by atoms with van der Waals surface area (Å²) in [5.41, 5.74) is 0. The molecule has 1 N–H and O–H groups in total. The first-order chi connectivity index (χ1) is 4.88. The fraction of sp³-hybridized carbons (Fsp3) is 0. The van der Waals surface area contributed by atoms with E-state index < -0.39 is 0 Å². The first-order valence-corrected chi connectivity index (χ1v) is 3.11. The number of nitrogens with one attached hydrogen (secondary N) is 1. The smallest absolute Gasteiger partial charge is 0.255 e. The molecule has 0 amide bonds. The van der Waals surface area contributed by atoms with E-state index in [1.807, 2.05) is 24.3 Å². The van der Waals surface area contributed by atoms with Gasteiger partial charge in [0.25, 0.3) is 5.88 Å². The van der Waals surface area contributed by atoms with Crippen LogP contribution >= 0.6 is 0 Å². The first kappa shape index (κ1) is 5.35. The topological polar surface area (TPSA) is 35.7 Å². The maximum atomic E-state index is 10.9. The molecule has 0 unspecified atom stereocenters. The molecule has 0 aliphatic rings. The maximum Gasteiger partial charge on any atom is 0.255 e. The summed E-state index contributed by atoms with van der Waals surface area (Å²) in [5.74, 6) is -0.00407. The van der Waals surface area contributed by atoms with E-state index in [0.29, 0.717) is 0 Å². The number of benzene rings is 1. The van der Waals surface area contributed by atoms with Crippen molar-refractivity contribution in [3.8, 4) is 5.88 Å². The highest BCUT2D eigenvalue weighted by molar-refractivity contribution is 5.87. The molecule has 49 valence electrons. The van der Waals surface area contributed by atoms with Crippen LogP contribution in [0.15, 0.2) is 30.5 Å². The van der Waals surface area contributed by atoms with Gasteiger partial charge in [0.2, 0.25) is 0 Å². The summed E-state index contributed by atoms with van der Waals surface area (Å²) in [6.07, 6.45) is 1.72. The number of aromatic nitrogens is 1. The van der Waals surface area contributed by atoms with Crippen molar-refractivity contribution in [2.24, 2.45) is 0 Å². The van der Waals surface area contributed by atoms with Crippen molar-refractivity contribution in [2.75, 3.05) is 0 Å². The summed E-state index contributed by atoms with van der Waals surface area (Å²) in [7, 11) is 0. The van der Waals surface area contributed by atoms with Crippen LogP contribution in [0, 0.1) is 0 Å². The van der Waals surface area contributed by atoms with E-state index in [0.717, 1.165) is 10.8 Å². The predicted molar refractivity (Wildman–Crippen MR) is 38.4 cm³/mol. The molecule has 2 nitrogen and oxygen atoms in total. The number of hydrogen-bond acceptors (Lipinski definition) is 0. The van der Waals surface area contributed by atoms with E-state index >= 15 is 0 Å². The molecule has 0 aliphatic carbocycles. The van der Waals surface area contributed by atoms with Crippen molar-refractivity contribution in [1.29, 1.82) is 0 Å². The summed E-state index contributed by atoms with van der Waals surface area (Å²) < 4.78 is 0. The average molecular weight is 132 g/mol. The highest BCUT2D eigenvalue weighted by Crippen LogP contribution is 2.22. The third kappa shape index (κ3) is 0.589. The number of fused-ring (bicyclic) bond motifs is 1. The van der Waals surface area contributed by atoms with Crippen LogP contribution in [-0.4, -0.2) is 4.98 Å². The normalized spacial score (nSPS) is 10.4. The van der Waals surface area contributed by atoms with Crippen LogP contribution < -0.4 is 0 Å². The molecule has 0 spiro atoms. The van der Waals surface area contributed by atoms with Crippen LogP contribution in [0.25, 0.3) is 10.8 Å². The van der Waals surface area contributed by atoms with E-state index in [-0.39, 0.29) is 5.88 Å². The van der Waals surface area contributed by atoms with Crippen molar-refractivity contribution in [1.82, 2.24) is 4.98 Å². The SMILES string of the molecule is [O]c1[nH]cc2ccccc12. The second-order valence-electron chi connectivity index (χ2n) is 2.21. The zero-order chi connectivity index (χ0) is 6.97. The van der Waals surface area contributed by atoms with Gasteiger partial charge in [0.1, 0.15) is 0 Å². The van der Waals surface area contributed by atoms with Crippen LogP contribution in [0.4, 0.5) is 0 Å². The molecule has 2 rings (SSSR count). The minimum Gasteiger partial charge on any atom is -0.328 e. The molecule has 0 saturated carbocycles. The molecule has 2 aromatic rings. The van der Waals surface area contributed by atoms with Crippen LogP contribution in [-0.2, 0) is 5.11 Å². The molecule has 0 atom stereocenters. The van der Waals surface area contributed by atoms with E-state index in [1.54, 1.807) is 6.20 Å². The number of hydrogen-bond donors (Lipinski definition) is 1. The lowest BCUT2D eigenvalue weighted by molar-refractivity contribution is 0.345. The van der Waals surface area contributed by atoms with Gasteiger partial charge in [-0.15, -0.1) is 0 Å². The average Bonchev–Trinajstić information content (AvgIpc) is 2.34. The molecule has 1 aromatic carbocycles. The van der Waals surface area contributed by atoms with Gasteiger partial charge in [-0.2, -0.15) is 0 Å². The van der Waals surface area contributed by atoms with Gasteiger partial charge in [-0.1, -0.05) is 18.2 Å². The van der Waals surface area contributed by atoms with Crippen molar-refractivity contribution < 1.29 is 5.11 Å². The molecule has 0 aliphatic heterocycles. The highest BCUT2D eigenvalue weighted by Gasteiger charge is 1.99. The van der Waals surface area contributed by atoms with Crippen molar-refractivity contribution >= 4 is 10.8 Å². The minimum atomic E-state index is -0.00407. The fourth-order valence-corrected chi connectivity index (χ4v) is 1.05. The maximum absolute atomic E-state index is 10.9. The van der Waals surface area contributed by atoms with Gasteiger partial charge in [-0.05, 0) is 6.07 Å². The lowest BCUT2D eigenvalue weighted by Crippen LogP contribution is -1.59. The Labute approximate surface area is 58.1 Å². The zero-order valence-electron chi connectivity index (χ0n) is 5.29. The van der Waals surface area contributed by atoms with Gasteiger partial charge >= 0.3 is 0 Å². The van der Waals surface area contributed by atoms with Gasteiger partial charge in [0.15, 0.2) is 0 Å². The molecule has 1 aromatic heterocycles. The van der Waals surface area contributed by atoms with Crippen molar-refractivity contribution in [3.63, 3.8) is 0 Å².